The first kappa shape index (κ1) is 30.3. The maximum atomic E-state index is 13.6. The molecule has 3 rings (SSSR count). The van der Waals surface area contributed by atoms with Crippen LogP contribution < -0.4 is 9.47 Å². The maximum Gasteiger partial charge on any atom is 0.415 e. The molecule has 1 atom stereocenters. The lowest BCUT2D eigenvalue weighted by Crippen LogP contribution is -2.37. The van der Waals surface area contributed by atoms with Crippen LogP contribution in [0.15, 0.2) is 42.5 Å². The van der Waals surface area contributed by atoms with E-state index in [4.69, 9.17) is 14.2 Å². The normalized spacial score (nSPS) is 14.5. The molecule has 0 radical (unpaired) electrons. The Balaban J connectivity index is 1.52. The number of carboxylic acids is 1. The molecule has 0 saturated heterocycles. The highest BCUT2D eigenvalue weighted by atomic mass is 19.2. The number of unbranched alkanes of at least 4 members (excludes halogenated alkanes) is 1. The molecule has 1 aliphatic carbocycles. The van der Waals surface area contributed by atoms with Gasteiger partial charge in [0, 0.05) is 25.6 Å². The van der Waals surface area contributed by atoms with Gasteiger partial charge in [0.2, 0.25) is 0 Å². The molecule has 2 aromatic carbocycles. The number of carbonyl (C=O) groups excluding carboxylic acids is 1. The number of hydrogen-bond acceptors (Lipinski definition) is 5. The van der Waals surface area contributed by atoms with Crippen LogP contribution in [0.5, 0.6) is 11.5 Å². The minimum atomic E-state index is -1.08. The summed E-state index contributed by atoms with van der Waals surface area (Å²) in [5.74, 6) is -1.83. The summed E-state index contributed by atoms with van der Waals surface area (Å²) in [4.78, 5) is 25.7. The first-order valence-corrected chi connectivity index (χ1v) is 13.8. The molecule has 0 aliphatic heterocycles. The molecule has 39 heavy (non-hydrogen) atoms. The molecule has 0 bridgehead atoms. The molecule has 0 heterocycles. The Morgan fingerprint density at radius 1 is 0.974 bits per heavy atom. The van der Waals surface area contributed by atoms with E-state index in [1.54, 1.807) is 31.2 Å². The summed E-state index contributed by atoms with van der Waals surface area (Å²) in [5.41, 5.74) is 0.804. The molecule has 0 aromatic heterocycles. The van der Waals surface area contributed by atoms with Gasteiger partial charge < -0.3 is 24.2 Å². The molecule has 214 valence electrons. The van der Waals surface area contributed by atoms with E-state index >= 15 is 0 Å². The summed E-state index contributed by atoms with van der Waals surface area (Å²) in [6.07, 6.45) is 8.10. The van der Waals surface area contributed by atoms with Crippen LogP contribution >= 0.6 is 0 Å². The number of carboxylic acid groups (broad SMARTS) is 1. The predicted octanol–water partition coefficient (Wildman–Crippen LogP) is 6.63. The number of hydrogen-bond donors (Lipinski definition) is 1. The first-order valence-electron chi connectivity index (χ1n) is 13.8. The first-order chi connectivity index (χ1) is 18.9. The summed E-state index contributed by atoms with van der Waals surface area (Å²) in [5, 5.41) is 9.27. The van der Waals surface area contributed by atoms with Crippen molar-refractivity contribution in [1.29, 1.82) is 0 Å². The fourth-order valence-corrected chi connectivity index (χ4v) is 4.84. The Hall–Kier alpha value is -3.20. The minimum absolute atomic E-state index is 0.0608. The lowest BCUT2D eigenvalue weighted by molar-refractivity contribution is -0.149. The van der Waals surface area contributed by atoms with E-state index in [0.717, 1.165) is 42.9 Å². The van der Waals surface area contributed by atoms with Crippen molar-refractivity contribution in [3.63, 3.8) is 0 Å². The van der Waals surface area contributed by atoms with Crippen molar-refractivity contribution in [2.45, 2.75) is 70.8 Å². The Labute approximate surface area is 229 Å². The second-order valence-corrected chi connectivity index (χ2v) is 9.91. The molecule has 1 saturated carbocycles. The summed E-state index contributed by atoms with van der Waals surface area (Å²) in [7, 11) is 0. The van der Waals surface area contributed by atoms with E-state index in [-0.39, 0.29) is 25.3 Å². The fraction of sp³-hybridized carbons (Fsp3) is 0.533. The molecule has 1 amide bonds. The van der Waals surface area contributed by atoms with Crippen molar-refractivity contribution in [2.24, 2.45) is 5.92 Å². The Morgan fingerprint density at radius 2 is 1.69 bits per heavy atom. The molecule has 0 spiro atoms. The van der Waals surface area contributed by atoms with Gasteiger partial charge in [0.05, 0.1) is 6.54 Å². The smallest absolute Gasteiger partial charge is 0.415 e. The molecule has 1 N–H and O–H groups in total. The van der Waals surface area contributed by atoms with Crippen LogP contribution in [0.3, 0.4) is 0 Å². The van der Waals surface area contributed by atoms with Crippen molar-refractivity contribution in [2.75, 3.05) is 26.3 Å². The molecule has 1 fully saturated rings. The number of carbonyl (C=O) groups is 2. The van der Waals surface area contributed by atoms with Crippen molar-refractivity contribution in [3.8, 4) is 11.5 Å². The molecule has 2 aromatic rings. The average molecular weight is 548 g/mol. The van der Waals surface area contributed by atoms with Crippen molar-refractivity contribution >= 4 is 12.1 Å². The van der Waals surface area contributed by atoms with Crippen LogP contribution in [0.25, 0.3) is 0 Å². The van der Waals surface area contributed by atoms with Gasteiger partial charge in [0.15, 0.2) is 17.7 Å². The van der Waals surface area contributed by atoms with Crippen LogP contribution in [0, 0.1) is 17.6 Å². The highest BCUT2D eigenvalue weighted by Crippen LogP contribution is 2.27. The lowest BCUT2D eigenvalue weighted by Gasteiger charge is -2.24. The number of ether oxygens (including phenoxy) is 3. The predicted molar refractivity (Wildman–Crippen MR) is 143 cm³/mol. The third-order valence-electron chi connectivity index (χ3n) is 6.99. The van der Waals surface area contributed by atoms with Crippen LogP contribution in [0.4, 0.5) is 13.6 Å². The molecular weight excluding hydrogens is 508 g/mol. The van der Waals surface area contributed by atoms with Crippen LogP contribution in [-0.4, -0.2) is 54.5 Å². The number of halogens is 2. The van der Waals surface area contributed by atoms with Gasteiger partial charge in [0.25, 0.3) is 0 Å². The molecule has 1 aliphatic rings. The third-order valence-corrected chi connectivity index (χ3v) is 6.99. The molecule has 7 nitrogen and oxygen atoms in total. The summed E-state index contributed by atoms with van der Waals surface area (Å²) in [6.45, 7) is 2.98. The van der Waals surface area contributed by atoms with Gasteiger partial charge in [0.1, 0.15) is 18.1 Å². The van der Waals surface area contributed by atoms with E-state index in [1.807, 2.05) is 0 Å². The number of rotatable bonds is 15. The maximum absolute atomic E-state index is 13.6. The van der Waals surface area contributed by atoms with Gasteiger partial charge in [-0.25, -0.2) is 18.4 Å². The van der Waals surface area contributed by atoms with Crippen molar-refractivity contribution < 1.29 is 37.7 Å². The Morgan fingerprint density at radius 3 is 2.36 bits per heavy atom. The second kappa shape index (κ2) is 16.0. The van der Waals surface area contributed by atoms with Crippen LogP contribution in [0.1, 0.15) is 63.9 Å². The van der Waals surface area contributed by atoms with Crippen molar-refractivity contribution in [1.82, 2.24) is 4.90 Å². The summed E-state index contributed by atoms with van der Waals surface area (Å²) in [6, 6.07) is 10.0. The zero-order valence-electron chi connectivity index (χ0n) is 22.6. The molecule has 1 unspecified atom stereocenters. The zero-order chi connectivity index (χ0) is 28.0. The third kappa shape index (κ3) is 10.5. The number of amides is 1. The van der Waals surface area contributed by atoms with E-state index in [2.05, 4.69) is 0 Å². The van der Waals surface area contributed by atoms with E-state index in [0.29, 0.717) is 18.9 Å². The van der Waals surface area contributed by atoms with Crippen molar-refractivity contribution in [3.05, 3.63) is 59.7 Å². The fourth-order valence-electron chi connectivity index (χ4n) is 4.84. The topological polar surface area (TPSA) is 85.3 Å². The number of aliphatic carboxylic acids is 1. The van der Waals surface area contributed by atoms with Gasteiger partial charge in [-0.2, -0.15) is 0 Å². The highest BCUT2D eigenvalue weighted by molar-refractivity contribution is 5.72. The molecular formula is C30H39F2NO6. The second-order valence-electron chi connectivity index (χ2n) is 9.91. The van der Waals surface area contributed by atoms with E-state index in [9.17, 15) is 23.5 Å². The number of nitrogens with zero attached hydrogens (tertiary/aromatic N) is 1. The summed E-state index contributed by atoms with van der Waals surface area (Å²) >= 11 is 0. The van der Waals surface area contributed by atoms with E-state index < -0.39 is 29.8 Å². The average Bonchev–Trinajstić information content (AvgIpc) is 2.93. The van der Waals surface area contributed by atoms with Gasteiger partial charge in [-0.3, -0.25) is 0 Å². The van der Waals surface area contributed by atoms with Crippen LogP contribution in [-0.2, 0) is 16.0 Å². The van der Waals surface area contributed by atoms with Gasteiger partial charge in [-0.1, -0.05) is 57.1 Å². The monoisotopic (exact) mass is 547 g/mol. The van der Waals surface area contributed by atoms with Crippen LogP contribution in [0.2, 0.25) is 0 Å². The largest absolute Gasteiger partial charge is 0.492 e. The quantitative estimate of drug-likeness (QED) is 0.252. The van der Waals surface area contributed by atoms with E-state index in [1.165, 1.54) is 43.1 Å². The standard InChI is InChI=1S/C30H39F2NO6/c1-2-37-28(29(34)35)20-23-11-13-24(14-12-23)38-19-18-33(17-7-6-10-22-8-4-3-5-9-22)30(36)39-25-15-16-26(31)27(32)21-25/h11-16,21-22,28H,2-10,17-20H2,1H3,(H,34,35). The Bertz CT molecular complexity index is 1040. The van der Waals surface area contributed by atoms with Gasteiger partial charge in [-0.05, 0) is 49.1 Å². The number of benzene rings is 2. The highest BCUT2D eigenvalue weighted by Gasteiger charge is 2.19. The SMILES string of the molecule is CCOC(Cc1ccc(OCCN(CCCCC2CCCCC2)C(=O)Oc2ccc(F)c(F)c2)cc1)C(=O)O. The zero-order valence-corrected chi connectivity index (χ0v) is 22.6. The van der Waals surface area contributed by atoms with Gasteiger partial charge in [-0.15, -0.1) is 0 Å². The minimum Gasteiger partial charge on any atom is -0.492 e. The van der Waals surface area contributed by atoms with Gasteiger partial charge >= 0.3 is 12.1 Å². The lowest BCUT2D eigenvalue weighted by atomic mass is 9.86. The Kier molecular flexibility index (Phi) is 12.5. The summed E-state index contributed by atoms with van der Waals surface area (Å²) < 4.78 is 43.3. The molecule has 9 heteroatoms.